The molecule has 7 atom stereocenters. The number of carbonyl (C=O) groups is 4. The van der Waals surface area contributed by atoms with Crippen molar-refractivity contribution in [1.82, 2.24) is 0 Å². The summed E-state index contributed by atoms with van der Waals surface area (Å²) in [6.45, 7) is 12.8. The Morgan fingerprint density at radius 1 is 0.925 bits per heavy atom. The highest BCUT2D eigenvalue weighted by Gasteiger charge is 2.69. The van der Waals surface area contributed by atoms with Crippen molar-refractivity contribution < 1.29 is 23.9 Å². The lowest BCUT2D eigenvalue weighted by Gasteiger charge is -2.65. The third kappa shape index (κ3) is 3.81. The number of ketones is 3. The molecule has 0 radical (unpaired) electrons. The Kier molecular flexibility index (Phi) is 7.22. The van der Waals surface area contributed by atoms with Crippen molar-refractivity contribution in [1.29, 1.82) is 0 Å². The van der Waals surface area contributed by atoms with Crippen LogP contribution in [0.25, 0.3) is 0 Å². The van der Waals surface area contributed by atoms with E-state index in [1.807, 2.05) is 32.4 Å². The molecular weight excluding hydrogens is 540 g/mol. The van der Waals surface area contributed by atoms with Crippen LogP contribution in [0.3, 0.4) is 0 Å². The zero-order valence-electron chi connectivity index (χ0n) is 25.7. The van der Waals surface area contributed by atoms with Crippen LogP contribution in [0.1, 0.15) is 86.5 Å². The van der Waals surface area contributed by atoms with Crippen molar-refractivity contribution >= 4 is 46.8 Å². The smallest absolute Gasteiger partial charge is 0.312 e. The van der Waals surface area contributed by atoms with Crippen LogP contribution >= 0.6 is 23.5 Å². The van der Waals surface area contributed by atoms with Crippen LogP contribution in [-0.4, -0.2) is 42.9 Å². The molecule has 4 fully saturated rings. The van der Waals surface area contributed by atoms with Crippen molar-refractivity contribution in [3.8, 4) is 0 Å². The lowest BCUT2D eigenvalue weighted by Crippen LogP contribution is -2.64. The highest BCUT2D eigenvalue weighted by Crippen LogP contribution is 2.71. The van der Waals surface area contributed by atoms with E-state index in [0.29, 0.717) is 5.57 Å². The summed E-state index contributed by atoms with van der Waals surface area (Å²) in [5.74, 6) is -0.996. The number of hydrogen-bond donors (Lipinski definition) is 0. The zero-order chi connectivity index (χ0) is 29.6. The van der Waals surface area contributed by atoms with Gasteiger partial charge in [0.15, 0.2) is 5.78 Å². The summed E-state index contributed by atoms with van der Waals surface area (Å²) in [5.41, 5.74) is -0.709. The van der Waals surface area contributed by atoms with Crippen molar-refractivity contribution in [3.05, 3.63) is 21.5 Å². The number of Topliss-reactive ketones (excluding diaryl/α,β-unsaturated/α-hetero) is 2. The first-order valence-corrected chi connectivity index (χ1v) is 17.3. The predicted octanol–water partition coefficient (Wildman–Crippen LogP) is 7.05. The number of carbonyl (C=O) groups excluding carboxylic acids is 4. The van der Waals surface area contributed by atoms with E-state index in [4.69, 9.17) is 4.74 Å². The first-order chi connectivity index (χ1) is 18.6. The molecule has 0 aliphatic heterocycles. The minimum absolute atomic E-state index is 0.0516. The van der Waals surface area contributed by atoms with Gasteiger partial charge in [0.1, 0.15) is 0 Å². The third-order valence-electron chi connectivity index (χ3n) is 12.3. The molecule has 0 spiro atoms. The van der Waals surface area contributed by atoms with Gasteiger partial charge in [0, 0.05) is 26.6 Å². The number of ether oxygens (including phenoxy) is 1. The van der Waals surface area contributed by atoms with E-state index >= 15 is 0 Å². The van der Waals surface area contributed by atoms with Crippen molar-refractivity contribution in [2.75, 3.05) is 19.6 Å². The fraction of sp³-hybridized carbons (Fsp3) is 0.758. The van der Waals surface area contributed by atoms with E-state index < -0.39 is 16.2 Å². The Bertz CT molecular complexity index is 1240. The molecule has 5 aliphatic carbocycles. The van der Waals surface area contributed by atoms with Crippen molar-refractivity contribution in [2.45, 2.75) is 86.5 Å². The Balaban J connectivity index is 1.72. The molecule has 5 rings (SSSR count). The van der Waals surface area contributed by atoms with Gasteiger partial charge in [-0.25, -0.2) is 0 Å². The van der Waals surface area contributed by atoms with E-state index in [2.05, 4.69) is 27.7 Å². The molecule has 4 saturated carbocycles. The Labute approximate surface area is 248 Å². The summed E-state index contributed by atoms with van der Waals surface area (Å²) in [5, 5.41) is 0. The highest BCUT2D eigenvalue weighted by molar-refractivity contribution is 8.21. The molecule has 0 bridgehead atoms. The van der Waals surface area contributed by atoms with Crippen LogP contribution in [0.5, 0.6) is 0 Å². The van der Waals surface area contributed by atoms with Gasteiger partial charge in [0.05, 0.1) is 12.5 Å². The average Bonchev–Trinajstić information content (AvgIpc) is 2.89. The molecule has 0 N–H and O–H groups in total. The monoisotopic (exact) mass is 586 g/mol. The normalized spacial score (nSPS) is 41.7. The Hall–Kier alpha value is -1.34. The van der Waals surface area contributed by atoms with Crippen LogP contribution in [0.4, 0.5) is 0 Å². The average molecular weight is 587 g/mol. The van der Waals surface area contributed by atoms with Gasteiger partial charge in [-0.2, -0.15) is 0 Å². The molecule has 0 unspecified atom stereocenters. The second-order valence-electron chi connectivity index (χ2n) is 14.9. The summed E-state index contributed by atoms with van der Waals surface area (Å²) in [6, 6.07) is 0. The molecule has 0 aromatic heterocycles. The van der Waals surface area contributed by atoms with Crippen LogP contribution < -0.4 is 0 Å². The van der Waals surface area contributed by atoms with Crippen molar-refractivity contribution in [2.24, 2.45) is 50.7 Å². The maximum atomic E-state index is 14.5. The summed E-state index contributed by atoms with van der Waals surface area (Å²) in [6.07, 6.45) is 11.6. The lowest BCUT2D eigenvalue weighted by molar-refractivity contribution is -0.183. The largest absolute Gasteiger partial charge is 0.469 e. The fourth-order valence-electron chi connectivity index (χ4n) is 10.3. The topological polar surface area (TPSA) is 77.5 Å². The van der Waals surface area contributed by atoms with Gasteiger partial charge in [0.2, 0.25) is 11.6 Å². The highest BCUT2D eigenvalue weighted by atomic mass is 32.2. The van der Waals surface area contributed by atoms with Crippen LogP contribution in [0.15, 0.2) is 21.5 Å². The number of fused-ring (bicyclic) bond motifs is 7. The van der Waals surface area contributed by atoms with Crippen molar-refractivity contribution in [3.63, 3.8) is 0 Å². The number of rotatable bonds is 3. The molecule has 0 amide bonds. The number of methoxy groups -OCH3 is 1. The maximum Gasteiger partial charge on any atom is 0.312 e. The van der Waals surface area contributed by atoms with Crippen LogP contribution in [-0.2, 0) is 23.9 Å². The molecule has 220 valence electrons. The molecule has 40 heavy (non-hydrogen) atoms. The molecular formula is C33H46O5S2. The quantitative estimate of drug-likeness (QED) is 0.199. The second-order valence-corrected chi connectivity index (χ2v) is 16.8. The summed E-state index contributed by atoms with van der Waals surface area (Å²) >= 11 is 3.05. The minimum atomic E-state index is -0.802. The summed E-state index contributed by atoms with van der Waals surface area (Å²) in [7, 11) is 1.48. The fourth-order valence-corrected chi connectivity index (χ4v) is 12.0. The minimum Gasteiger partial charge on any atom is -0.469 e. The van der Waals surface area contributed by atoms with Gasteiger partial charge in [0.25, 0.3) is 0 Å². The number of esters is 1. The van der Waals surface area contributed by atoms with Crippen LogP contribution in [0.2, 0.25) is 0 Å². The first-order valence-electron chi connectivity index (χ1n) is 14.8. The van der Waals surface area contributed by atoms with Gasteiger partial charge in [-0.15, -0.1) is 23.5 Å². The molecule has 0 aromatic rings. The van der Waals surface area contributed by atoms with Gasteiger partial charge < -0.3 is 4.74 Å². The van der Waals surface area contributed by atoms with Gasteiger partial charge in [-0.05, 0) is 92.1 Å². The van der Waals surface area contributed by atoms with Gasteiger partial charge >= 0.3 is 5.97 Å². The van der Waals surface area contributed by atoms with E-state index in [0.717, 1.165) is 54.8 Å². The zero-order valence-corrected chi connectivity index (χ0v) is 27.3. The maximum absolute atomic E-state index is 14.5. The Morgan fingerprint density at radius 3 is 2.15 bits per heavy atom. The van der Waals surface area contributed by atoms with Gasteiger partial charge in [-0.3, -0.25) is 19.2 Å². The van der Waals surface area contributed by atoms with E-state index in [1.165, 1.54) is 30.6 Å². The number of allylic oxidation sites excluding steroid dienone is 3. The summed E-state index contributed by atoms with van der Waals surface area (Å²) < 4.78 is 6.30. The van der Waals surface area contributed by atoms with E-state index in [-0.39, 0.29) is 57.8 Å². The van der Waals surface area contributed by atoms with Gasteiger partial charge in [-0.1, -0.05) is 47.1 Å². The lowest BCUT2D eigenvalue weighted by atomic mass is 9.37. The van der Waals surface area contributed by atoms with E-state index in [1.54, 1.807) is 0 Å². The summed E-state index contributed by atoms with van der Waals surface area (Å²) in [4.78, 5) is 55.4. The van der Waals surface area contributed by atoms with E-state index in [9.17, 15) is 19.2 Å². The second kappa shape index (κ2) is 9.59. The third-order valence-corrected chi connectivity index (χ3v) is 14.5. The molecule has 5 aliphatic rings. The standard InChI is InChI=1S/C33H46O5S2/c1-29(2)12-14-33(28(37)38-7)15-13-31(5)18-10-11-22-30(3,4)26(36)25(35)24(27(39-8)40-9)32(22,6)19(18)16-21(34)23(31)20(33)17-29/h16,18,20,22-23H,10-15,17H2,1-9H3/t18-,20+,22+,23+,31+,32-,33+/m1/s1. The molecule has 5 nitrogen and oxygen atoms in total. The predicted molar refractivity (Wildman–Crippen MR) is 162 cm³/mol. The number of thioether (sulfide) groups is 2. The first kappa shape index (κ1) is 30.1. The Morgan fingerprint density at radius 2 is 1.55 bits per heavy atom. The molecule has 0 saturated heterocycles. The molecule has 0 heterocycles. The molecule has 7 heteroatoms. The molecule has 0 aromatic carbocycles. The number of hydrogen-bond acceptors (Lipinski definition) is 7. The SMILES string of the molecule is COC(=O)[C@]12CCC(C)(C)C[C@H]1[C@H]1C(=O)C=C3[C@@H](CC[C@H]4C(C)(C)C(=O)C(=O)C(=C(SC)SC)[C@]34C)[C@]1(C)CC2. The van der Waals surface area contributed by atoms with Crippen LogP contribution in [0, 0.1) is 50.7 Å².